The van der Waals surface area contributed by atoms with E-state index in [-0.39, 0.29) is 24.3 Å². The van der Waals surface area contributed by atoms with Crippen molar-refractivity contribution in [2.24, 2.45) is 0 Å². The van der Waals surface area contributed by atoms with Gasteiger partial charge in [0.25, 0.3) is 0 Å². The Balaban J connectivity index is 1.52. The molecule has 8 heteroatoms. The standard InChI is InChI=1S/C21H29N3O5/c1-29-21(28)17-7-5-16(6-8-17)12-22-13-18(25)14-24(20(27)15-22)11-3-10-23-9-2-4-19(23)26/h5-8,18,25H,2-4,9-15H2,1H3/t18-/m0/s1. The molecule has 1 aromatic carbocycles. The second kappa shape index (κ2) is 9.84. The zero-order valence-corrected chi connectivity index (χ0v) is 16.9. The van der Waals surface area contributed by atoms with E-state index in [1.807, 2.05) is 21.9 Å². The molecule has 1 aromatic rings. The van der Waals surface area contributed by atoms with Crippen molar-refractivity contribution in [3.63, 3.8) is 0 Å². The Morgan fingerprint density at radius 3 is 2.48 bits per heavy atom. The Kier molecular flexibility index (Phi) is 7.22. The van der Waals surface area contributed by atoms with Crippen molar-refractivity contribution in [2.75, 3.05) is 46.4 Å². The van der Waals surface area contributed by atoms with Crippen LogP contribution in [-0.4, -0.2) is 90.1 Å². The van der Waals surface area contributed by atoms with Gasteiger partial charge in [-0.2, -0.15) is 0 Å². The van der Waals surface area contributed by atoms with E-state index in [9.17, 15) is 19.5 Å². The first-order valence-corrected chi connectivity index (χ1v) is 10.1. The number of ether oxygens (including phenoxy) is 1. The summed E-state index contributed by atoms with van der Waals surface area (Å²) in [5.74, 6) is -0.208. The van der Waals surface area contributed by atoms with Gasteiger partial charge in [-0.1, -0.05) is 12.1 Å². The van der Waals surface area contributed by atoms with Crippen LogP contribution in [0, 0.1) is 0 Å². The van der Waals surface area contributed by atoms with Gasteiger partial charge in [0.05, 0.1) is 25.3 Å². The minimum atomic E-state index is -0.621. The fourth-order valence-corrected chi connectivity index (χ4v) is 3.92. The third-order valence-corrected chi connectivity index (χ3v) is 5.42. The molecule has 2 saturated heterocycles. The molecule has 29 heavy (non-hydrogen) atoms. The second-order valence-electron chi connectivity index (χ2n) is 7.69. The molecule has 2 aliphatic heterocycles. The number of esters is 1. The molecule has 8 nitrogen and oxygen atoms in total. The Bertz CT molecular complexity index is 736. The van der Waals surface area contributed by atoms with Gasteiger partial charge in [0, 0.05) is 45.7 Å². The van der Waals surface area contributed by atoms with Gasteiger partial charge >= 0.3 is 5.97 Å². The maximum absolute atomic E-state index is 12.7. The largest absolute Gasteiger partial charge is 0.465 e. The lowest BCUT2D eigenvalue weighted by molar-refractivity contribution is -0.131. The topological polar surface area (TPSA) is 90.4 Å². The molecule has 0 spiro atoms. The first-order chi connectivity index (χ1) is 14.0. The van der Waals surface area contributed by atoms with Crippen LogP contribution in [0.2, 0.25) is 0 Å². The van der Waals surface area contributed by atoms with Gasteiger partial charge in [0.15, 0.2) is 0 Å². The molecule has 0 radical (unpaired) electrons. The smallest absolute Gasteiger partial charge is 0.337 e. The maximum Gasteiger partial charge on any atom is 0.337 e. The molecule has 3 rings (SSSR count). The number of amides is 2. The zero-order valence-electron chi connectivity index (χ0n) is 16.9. The predicted molar refractivity (Wildman–Crippen MR) is 106 cm³/mol. The maximum atomic E-state index is 12.7. The van der Waals surface area contributed by atoms with E-state index < -0.39 is 6.10 Å². The summed E-state index contributed by atoms with van der Waals surface area (Å²) in [6, 6.07) is 7.06. The van der Waals surface area contributed by atoms with Crippen molar-refractivity contribution in [3.05, 3.63) is 35.4 Å². The molecule has 0 unspecified atom stereocenters. The number of aliphatic hydroxyl groups excluding tert-OH is 1. The quantitative estimate of drug-likeness (QED) is 0.667. The van der Waals surface area contributed by atoms with E-state index in [1.165, 1.54) is 7.11 Å². The summed E-state index contributed by atoms with van der Waals surface area (Å²) in [6.07, 6.45) is 1.63. The number of aliphatic hydroxyl groups is 1. The number of nitrogens with zero attached hydrogens (tertiary/aromatic N) is 3. The summed E-state index contributed by atoms with van der Waals surface area (Å²) in [5, 5.41) is 10.4. The van der Waals surface area contributed by atoms with Gasteiger partial charge < -0.3 is 19.6 Å². The lowest BCUT2D eigenvalue weighted by Gasteiger charge is -2.23. The molecule has 2 fully saturated rings. The van der Waals surface area contributed by atoms with E-state index in [0.717, 1.165) is 24.9 Å². The minimum absolute atomic E-state index is 0.0134. The number of methoxy groups -OCH3 is 1. The zero-order chi connectivity index (χ0) is 20.8. The molecule has 0 bridgehead atoms. The molecular formula is C21H29N3O5. The van der Waals surface area contributed by atoms with Crippen LogP contribution in [0.25, 0.3) is 0 Å². The molecule has 0 aliphatic carbocycles. The molecule has 2 heterocycles. The van der Waals surface area contributed by atoms with Gasteiger partial charge in [0.1, 0.15) is 0 Å². The SMILES string of the molecule is COC(=O)c1ccc(CN2CC(=O)N(CCCN3CCCC3=O)C[C@@H](O)C2)cc1. The summed E-state index contributed by atoms with van der Waals surface area (Å²) >= 11 is 0. The molecular weight excluding hydrogens is 374 g/mol. The molecule has 0 saturated carbocycles. The first-order valence-electron chi connectivity index (χ1n) is 10.1. The molecule has 2 amide bonds. The normalized spacial score (nSPS) is 20.8. The van der Waals surface area contributed by atoms with Crippen LogP contribution >= 0.6 is 0 Å². The van der Waals surface area contributed by atoms with E-state index in [2.05, 4.69) is 0 Å². The summed E-state index contributed by atoms with van der Waals surface area (Å²) in [6.45, 7) is 3.48. The lowest BCUT2D eigenvalue weighted by atomic mass is 10.1. The third-order valence-electron chi connectivity index (χ3n) is 5.42. The number of hydrogen-bond acceptors (Lipinski definition) is 6. The van der Waals surface area contributed by atoms with Crippen molar-refractivity contribution in [1.82, 2.24) is 14.7 Å². The Labute approximate surface area is 171 Å². The Morgan fingerprint density at radius 1 is 1.10 bits per heavy atom. The van der Waals surface area contributed by atoms with Crippen LogP contribution in [0.3, 0.4) is 0 Å². The van der Waals surface area contributed by atoms with Crippen LogP contribution in [0.5, 0.6) is 0 Å². The van der Waals surface area contributed by atoms with Gasteiger partial charge in [0.2, 0.25) is 11.8 Å². The third kappa shape index (κ3) is 5.77. The molecule has 158 valence electrons. The van der Waals surface area contributed by atoms with Crippen LogP contribution in [-0.2, 0) is 20.9 Å². The van der Waals surface area contributed by atoms with E-state index in [1.54, 1.807) is 17.0 Å². The number of hydrogen-bond donors (Lipinski definition) is 1. The van der Waals surface area contributed by atoms with Gasteiger partial charge in [-0.3, -0.25) is 14.5 Å². The fraction of sp³-hybridized carbons (Fsp3) is 0.571. The number of carbonyl (C=O) groups excluding carboxylic acids is 3. The summed E-state index contributed by atoms with van der Waals surface area (Å²) in [5.41, 5.74) is 1.43. The minimum Gasteiger partial charge on any atom is -0.465 e. The first kappa shape index (κ1) is 21.3. The van der Waals surface area contributed by atoms with Gasteiger partial charge in [-0.25, -0.2) is 4.79 Å². The number of carbonyl (C=O) groups is 3. The highest BCUT2D eigenvalue weighted by Gasteiger charge is 2.27. The molecule has 0 aromatic heterocycles. The monoisotopic (exact) mass is 403 g/mol. The molecule has 1 N–H and O–H groups in total. The van der Waals surface area contributed by atoms with Crippen molar-refractivity contribution in [2.45, 2.75) is 31.9 Å². The van der Waals surface area contributed by atoms with Crippen molar-refractivity contribution in [3.8, 4) is 0 Å². The summed E-state index contributed by atoms with van der Waals surface area (Å²) in [4.78, 5) is 41.4. The lowest BCUT2D eigenvalue weighted by Crippen LogP contribution is -2.39. The number of likely N-dealkylation sites (tertiary alicyclic amines) is 1. The highest BCUT2D eigenvalue weighted by molar-refractivity contribution is 5.89. The van der Waals surface area contributed by atoms with E-state index in [4.69, 9.17) is 4.74 Å². The van der Waals surface area contributed by atoms with Gasteiger partial charge in [-0.15, -0.1) is 0 Å². The van der Waals surface area contributed by atoms with Crippen LogP contribution in [0.4, 0.5) is 0 Å². The highest BCUT2D eigenvalue weighted by Crippen LogP contribution is 2.14. The predicted octanol–water partition coefficient (Wildman–Crippen LogP) is 0.491. The Hall–Kier alpha value is -2.45. The molecule has 1 atom stereocenters. The van der Waals surface area contributed by atoms with Crippen LogP contribution in [0.15, 0.2) is 24.3 Å². The number of rotatable bonds is 7. The van der Waals surface area contributed by atoms with E-state index >= 15 is 0 Å². The number of β-amino-alcohol motifs (C(OH)–C–C–N with tert-alkyl or cyclic N) is 1. The highest BCUT2D eigenvalue weighted by atomic mass is 16.5. The van der Waals surface area contributed by atoms with E-state index in [0.29, 0.717) is 44.7 Å². The van der Waals surface area contributed by atoms with Gasteiger partial charge in [-0.05, 0) is 30.5 Å². The van der Waals surface area contributed by atoms with Crippen molar-refractivity contribution < 1.29 is 24.2 Å². The number of benzene rings is 1. The average molecular weight is 403 g/mol. The average Bonchev–Trinajstić information content (AvgIpc) is 3.05. The Morgan fingerprint density at radius 2 is 1.83 bits per heavy atom. The fourth-order valence-electron chi connectivity index (χ4n) is 3.92. The van der Waals surface area contributed by atoms with Crippen molar-refractivity contribution in [1.29, 1.82) is 0 Å². The van der Waals surface area contributed by atoms with Crippen LogP contribution in [0.1, 0.15) is 35.2 Å². The summed E-state index contributed by atoms with van der Waals surface area (Å²) < 4.78 is 4.70. The summed E-state index contributed by atoms with van der Waals surface area (Å²) in [7, 11) is 1.34. The molecule has 2 aliphatic rings. The van der Waals surface area contributed by atoms with Crippen LogP contribution < -0.4 is 0 Å². The second-order valence-corrected chi connectivity index (χ2v) is 7.69. The van der Waals surface area contributed by atoms with Crippen molar-refractivity contribution >= 4 is 17.8 Å².